The highest BCUT2D eigenvalue weighted by atomic mass is 32.2. The van der Waals surface area contributed by atoms with Gasteiger partial charge in [0.25, 0.3) is 0 Å². The van der Waals surface area contributed by atoms with Gasteiger partial charge in [0.1, 0.15) is 0 Å². The lowest BCUT2D eigenvalue weighted by molar-refractivity contribution is 0.644. The van der Waals surface area contributed by atoms with E-state index in [0.29, 0.717) is 0 Å². The van der Waals surface area contributed by atoms with E-state index in [4.69, 9.17) is 10.3 Å². The minimum Gasteiger partial charge on any atom is -0.330 e. The average molecular weight is 149 g/mol. The van der Waals surface area contributed by atoms with E-state index in [0.717, 1.165) is 37.2 Å². The van der Waals surface area contributed by atoms with Crippen molar-refractivity contribution in [1.29, 1.82) is 0 Å². The Hall–Kier alpha value is 0.270. The molecule has 0 atom stereocenters. The van der Waals surface area contributed by atoms with E-state index >= 15 is 0 Å². The monoisotopic (exact) mass is 149 g/mol. The van der Waals surface area contributed by atoms with Gasteiger partial charge in [-0.3, -0.25) is 0 Å². The van der Waals surface area contributed by atoms with Gasteiger partial charge in [0.05, 0.1) is 0 Å². The highest BCUT2D eigenvalue weighted by Crippen LogP contribution is 2.02. The van der Waals surface area contributed by atoms with Crippen LogP contribution in [0.25, 0.3) is 0 Å². The summed E-state index contributed by atoms with van der Waals surface area (Å²) >= 11 is 0.928. The highest BCUT2D eigenvalue weighted by molar-refractivity contribution is 7.93. The number of rotatable bonds is 6. The summed E-state index contributed by atoms with van der Waals surface area (Å²) in [4.78, 5) is 0. The second-order valence-electron chi connectivity index (χ2n) is 2.04. The zero-order chi connectivity index (χ0) is 6.95. The van der Waals surface area contributed by atoms with E-state index < -0.39 is 0 Å². The Kier molecular flexibility index (Phi) is 8.52. The molecule has 0 aromatic heterocycles. The molecule has 0 radical (unpaired) electrons. The van der Waals surface area contributed by atoms with Gasteiger partial charge < -0.3 is 10.3 Å². The minimum atomic E-state index is 0.798. The summed E-state index contributed by atoms with van der Waals surface area (Å²) < 4.78 is 8.31. The number of hydrogen-bond acceptors (Lipinski definition) is 3. The third kappa shape index (κ3) is 8.27. The molecule has 0 saturated carbocycles. The molecule has 9 heavy (non-hydrogen) atoms. The summed E-state index contributed by atoms with van der Waals surface area (Å²) in [6.07, 6.45) is 4.64. The van der Waals surface area contributed by atoms with Crippen molar-refractivity contribution >= 4 is 12.0 Å². The van der Waals surface area contributed by atoms with Crippen LogP contribution >= 0.6 is 12.0 Å². The van der Waals surface area contributed by atoms with Gasteiger partial charge in [-0.25, -0.2) is 0 Å². The smallest absolute Gasteiger partial charge is 0.0195 e. The van der Waals surface area contributed by atoms with Crippen LogP contribution in [-0.4, -0.2) is 16.9 Å². The molecule has 0 aliphatic heterocycles. The highest BCUT2D eigenvalue weighted by Gasteiger charge is 1.86. The van der Waals surface area contributed by atoms with E-state index in [1.54, 1.807) is 0 Å². The lowest BCUT2D eigenvalue weighted by Gasteiger charge is -1.95. The Morgan fingerprint density at radius 3 is 2.33 bits per heavy atom. The van der Waals surface area contributed by atoms with Crippen LogP contribution in [0.15, 0.2) is 0 Å². The van der Waals surface area contributed by atoms with Gasteiger partial charge in [0.15, 0.2) is 0 Å². The number of nitrogens with two attached hydrogens (primary N) is 1. The van der Waals surface area contributed by atoms with Gasteiger partial charge in [0, 0.05) is 5.75 Å². The standard InChI is InChI=1S/C6H15NOS/c7-5-3-1-2-4-6-9-8/h8H,1-7H2. The molecule has 3 N–H and O–H groups in total. The zero-order valence-corrected chi connectivity index (χ0v) is 6.49. The lowest BCUT2D eigenvalue weighted by Crippen LogP contribution is -1.97. The molecule has 0 rings (SSSR count). The van der Waals surface area contributed by atoms with Crippen molar-refractivity contribution in [1.82, 2.24) is 0 Å². The molecule has 0 saturated heterocycles. The van der Waals surface area contributed by atoms with Crippen LogP contribution in [0.3, 0.4) is 0 Å². The summed E-state index contributed by atoms with van der Waals surface area (Å²) in [5.74, 6) is 0.866. The van der Waals surface area contributed by atoms with Gasteiger partial charge in [-0.2, -0.15) is 0 Å². The second kappa shape index (κ2) is 8.27. The largest absolute Gasteiger partial charge is 0.330 e. The van der Waals surface area contributed by atoms with Crippen molar-refractivity contribution in [2.75, 3.05) is 12.3 Å². The third-order valence-corrected chi connectivity index (χ3v) is 1.66. The Bertz CT molecular complexity index is 46.3. The Labute approximate surface area is 61.0 Å². The fourth-order valence-corrected chi connectivity index (χ4v) is 0.998. The molecule has 0 heterocycles. The van der Waals surface area contributed by atoms with E-state index in [-0.39, 0.29) is 0 Å². The van der Waals surface area contributed by atoms with Gasteiger partial charge in [-0.1, -0.05) is 12.8 Å². The Morgan fingerprint density at radius 1 is 1.11 bits per heavy atom. The summed E-state index contributed by atoms with van der Waals surface area (Å²) in [6.45, 7) is 0.798. The maximum absolute atomic E-state index is 8.31. The van der Waals surface area contributed by atoms with Crippen LogP contribution in [0.2, 0.25) is 0 Å². The molecule has 0 aromatic carbocycles. The topological polar surface area (TPSA) is 46.2 Å². The molecular formula is C6H15NOS. The molecule has 0 spiro atoms. The van der Waals surface area contributed by atoms with Crippen LogP contribution in [-0.2, 0) is 0 Å². The maximum Gasteiger partial charge on any atom is 0.0195 e. The predicted octanol–water partition coefficient (Wildman–Crippen LogP) is 1.71. The first-order valence-electron chi connectivity index (χ1n) is 3.38. The van der Waals surface area contributed by atoms with Crippen LogP contribution in [0.5, 0.6) is 0 Å². The fourth-order valence-electron chi connectivity index (χ4n) is 0.665. The van der Waals surface area contributed by atoms with Gasteiger partial charge in [-0.05, 0) is 31.4 Å². The molecule has 0 aliphatic rings. The van der Waals surface area contributed by atoms with Crippen molar-refractivity contribution in [3.8, 4) is 0 Å². The Balaban J connectivity index is 2.60. The molecule has 3 heteroatoms. The maximum atomic E-state index is 8.31. The first kappa shape index (κ1) is 9.27. The zero-order valence-electron chi connectivity index (χ0n) is 5.68. The van der Waals surface area contributed by atoms with E-state index in [9.17, 15) is 0 Å². The molecule has 0 aliphatic carbocycles. The fraction of sp³-hybridized carbons (Fsp3) is 1.00. The molecule has 0 aromatic rings. The molecule has 0 amide bonds. The predicted molar refractivity (Wildman–Crippen MR) is 42.6 cm³/mol. The second-order valence-corrected chi connectivity index (χ2v) is 2.70. The summed E-state index contributed by atoms with van der Waals surface area (Å²) in [5.41, 5.74) is 5.29. The van der Waals surface area contributed by atoms with Gasteiger partial charge in [-0.15, -0.1) is 0 Å². The average Bonchev–Trinajstić information content (AvgIpc) is 1.89. The molecule has 2 nitrogen and oxygen atoms in total. The van der Waals surface area contributed by atoms with Crippen molar-refractivity contribution in [3.05, 3.63) is 0 Å². The minimum absolute atomic E-state index is 0.798. The van der Waals surface area contributed by atoms with Crippen molar-refractivity contribution < 1.29 is 4.55 Å². The first-order valence-corrected chi connectivity index (χ1v) is 4.32. The van der Waals surface area contributed by atoms with Crippen LogP contribution in [0.4, 0.5) is 0 Å². The van der Waals surface area contributed by atoms with Crippen LogP contribution < -0.4 is 5.73 Å². The molecular weight excluding hydrogens is 134 g/mol. The molecule has 0 unspecified atom stereocenters. The van der Waals surface area contributed by atoms with Crippen molar-refractivity contribution in [2.24, 2.45) is 5.73 Å². The molecule has 0 bridgehead atoms. The van der Waals surface area contributed by atoms with Crippen molar-refractivity contribution in [3.63, 3.8) is 0 Å². The number of hydrogen-bond donors (Lipinski definition) is 2. The molecule has 0 fully saturated rings. The quantitative estimate of drug-likeness (QED) is 0.446. The van der Waals surface area contributed by atoms with E-state index in [1.807, 2.05) is 0 Å². The van der Waals surface area contributed by atoms with E-state index in [2.05, 4.69) is 0 Å². The normalized spacial score (nSPS) is 10.0. The molecule has 56 valence electrons. The third-order valence-electron chi connectivity index (χ3n) is 1.19. The van der Waals surface area contributed by atoms with Crippen molar-refractivity contribution in [2.45, 2.75) is 25.7 Å². The Morgan fingerprint density at radius 2 is 1.78 bits per heavy atom. The summed E-state index contributed by atoms with van der Waals surface area (Å²) in [7, 11) is 0. The first-order chi connectivity index (χ1) is 4.41. The summed E-state index contributed by atoms with van der Waals surface area (Å²) in [6, 6.07) is 0. The summed E-state index contributed by atoms with van der Waals surface area (Å²) in [5, 5.41) is 0. The number of unbranched alkanes of at least 4 members (excludes halogenated alkanes) is 3. The SMILES string of the molecule is NCCCCCCSO. The van der Waals surface area contributed by atoms with Gasteiger partial charge >= 0.3 is 0 Å². The lowest BCUT2D eigenvalue weighted by atomic mass is 10.2. The van der Waals surface area contributed by atoms with Crippen LogP contribution in [0.1, 0.15) is 25.7 Å². The van der Waals surface area contributed by atoms with Gasteiger partial charge in [0.2, 0.25) is 0 Å². The van der Waals surface area contributed by atoms with Crippen LogP contribution in [0, 0.1) is 0 Å². The van der Waals surface area contributed by atoms with E-state index in [1.165, 1.54) is 12.8 Å².